The van der Waals surface area contributed by atoms with Crippen LogP contribution < -0.4 is 10.5 Å². The van der Waals surface area contributed by atoms with E-state index in [0.717, 1.165) is 23.4 Å². The molecule has 0 amide bonds. The first kappa shape index (κ1) is 11.3. The molecule has 0 fully saturated rings. The third-order valence-corrected chi connectivity index (χ3v) is 2.17. The largest absolute Gasteiger partial charge is 0.492 e. The van der Waals surface area contributed by atoms with Crippen molar-refractivity contribution in [3.05, 3.63) is 30.6 Å². The van der Waals surface area contributed by atoms with E-state index in [1.165, 1.54) is 0 Å². The first-order valence-corrected chi connectivity index (χ1v) is 5.47. The zero-order chi connectivity index (χ0) is 12.1. The highest BCUT2D eigenvalue weighted by atomic mass is 16.5. The van der Waals surface area contributed by atoms with Gasteiger partial charge in [-0.15, -0.1) is 10.2 Å². The molecule has 0 unspecified atom stereocenters. The van der Waals surface area contributed by atoms with Crippen LogP contribution in [0.5, 0.6) is 5.75 Å². The summed E-state index contributed by atoms with van der Waals surface area (Å²) in [6.07, 6.45) is 4.37. The fourth-order valence-corrected chi connectivity index (χ4v) is 1.35. The third kappa shape index (κ3) is 2.90. The Labute approximate surface area is 99.7 Å². The van der Waals surface area contributed by atoms with Crippen LogP contribution in [0.15, 0.2) is 30.6 Å². The van der Waals surface area contributed by atoms with Crippen molar-refractivity contribution in [2.24, 2.45) is 0 Å². The molecule has 0 bridgehead atoms. The highest BCUT2D eigenvalue weighted by Crippen LogP contribution is 2.20. The Hall–Kier alpha value is -2.17. The van der Waals surface area contributed by atoms with Gasteiger partial charge in [0.25, 0.3) is 0 Å². The van der Waals surface area contributed by atoms with Crippen LogP contribution in [0.3, 0.4) is 0 Å². The van der Waals surface area contributed by atoms with Crippen molar-refractivity contribution < 1.29 is 4.74 Å². The Bertz CT molecular complexity index is 484. The van der Waals surface area contributed by atoms with E-state index in [-0.39, 0.29) is 0 Å². The number of nitrogens with zero attached hydrogens (tertiary/aromatic N) is 3. The fraction of sp³-hybridized carbons (Fsp3) is 0.250. The van der Waals surface area contributed by atoms with Crippen molar-refractivity contribution in [3.8, 4) is 17.0 Å². The summed E-state index contributed by atoms with van der Waals surface area (Å²) in [6, 6.07) is 5.41. The molecule has 2 N–H and O–H groups in total. The zero-order valence-corrected chi connectivity index (χ0v) is 9.63. The Morgan fingerprint density at radius 2 is 2.12 bits per heavy atom. The number of nitrogen functional groups attached to an aromatic ring is 1. The minimum atomic E-state index is 0.403. The van der Waals surface area contributed by atoms with Gasteiger partial charge >= 0.3 is 0 Å². The van der Waals surface area contributed by atoms with Crippen molar-refractivity contribution in [1.29, 1.82) is 0 Å². The summed E-state index contributed by atoms with van der Waals surface area (Å²) in [5.41, 5.74) is 7.08. The van der Waals surface area contributed by atoms with Crippen LogP contribution in [0.25, 0.3) is 11.3 Å². The van der Waals surface area contributed by atoms with Crippen LogP contribution in [-0.2, 0) is 0 Å². The summed E-state index contributed by atoms with van der Waals surface area (Å²) >= 11 is 0. The third-order valence-electron chi connectivity index (χ3n) is 2.17. The lowest BCUT2D eigenvalue weighted by atomic mass is 10.2. The fourth-order valence-electron chi connectivity index (χ4n) is 1.35. The first-order chi connectivity index (χ1) is 8.29. The summed E-state index contributed by atoms with van der Waals surface area (Å²) in [7, 11) is 0. The molecule has 2 rings (SSSR count). The second kappa shape index (κ2) is 5.25. The molecule has 0 spiro atoms. The molecule has 2 heterocycles. The van der Waals surface area contributed by atoms with Gasteiger partial charge in [0.1, 0.15) is 11.6 Å². The molecule has 0 aliphatic carbocycles. The molecule has 2 aromatic rings. The van der Waals surface area contributed by atoms with Gasteiger partial charge in [0, 0.05) is 11.8 Å². The maximum absolute atomic E-state index is 5.51. The number of aromatic nitrogens is 3. The molecule has 5 nitrogen and oxygen atoms in total. The van der Waals surface area contributed by atoms with Crippen molar-refractivity contribution in [3.63, 3.8) is 0 Å². The SMILES string of the molecule is CCCOc1cncc(-c2ccc(N)nn2)c1. The Kier molecular flexibility index (Phi) is 3.49. The molecule has 0 aromatic carbocycles. The number of anilines is 1. The highest BCUT2D eigenvalue weighted by molar-refractivity contribution is 5.59. The van der Waals surface area contributed by atoms with Gasteiger partial charge in [-0.2, -0.15) is 0 Å². The number of hydrogen-bond donors (Lipinski definition) is 1. The Balaban J connectivity index is 2.23. The maximum atomic E-state index is 5.51. The monoisotopic (exact) mass is 230 g/mol. The van der Waals surface area contributed by atoms with Gasteiger partial charge in [-0.25, -0.2) is 0 Å². The standard InChI is InChI=1S/C12H14N4O/c1-2-5-17-10-6-9(7-14-8-10)11-3-4-12(13)16-15-11/h3-4,6-8H,2,5H2,1H3,(H2,13,16). The summed E-state index contributed by atoms with van der Waals surface area (Å²) in [5.74, 6) is 1.14. The van der Waals surface area contributed by atoms with Crippen LogP contribution in [0.2, 0.25) is 0 Å². The number of pyridine rings is 1. The van der Waals surface area contributed by atoms with Gasteiger partial charge in [0.2, 0.25) is 0 Å². The predicted octanol–water partition coefficient (Wildman–Crippen LogP) is 1.91. The summed E-state index contributed by atoms with van der Waals surface area (Å²) in [5, 5.41) is 7.81. The van der Waals surface area contributed by atoms with Gasteiger partial charge in [0.15, 0.2) is 0 Å². The van der Waals surface area contributed by atoms with Crippen molar-refractivity contribution in [2.45, 2.75) is 13.3 Å². The summed E-state index contributed by atoms with van der Waals surface area (Å²) in [4.78, 5) is 4.11. The second-order valence-electron chi connectivity index (χ2n) is 3.60. The predicted molar refractivity (Wildman–Crippen MR) is 65.5 cm³/mol. The van der Waals surface area contributed by atoms with Gasteiger partial charge in [-0.3, -0.25) is 4.98 Å². The second-order valence-corrected chi connectivity index (χ2v) is 3.60. The van der Waals surface area contributed by atoms with Crippen LogP contribution in [0, 0.1) is 0 Å². The van der Waals surface area contributed by atoms with Crippen LogP contribution in [0.1, 0.15) is 13.3 Å². The molecule has 0 radical (unpaired) electrons. The summed E-state index contributed by atoms with van der Waals surface area (Å²) in [6.45, 7) is 2.74. The molecule has 88 valence electrons. The van der Waals surface area contributed by atoms with Crippen molar-refractivity contribution in [1.82, 2.24) is 15.2 Å². The number of rotatable bonds is 4. The average Bonchev–Trinajstić information content (AvgIpc) is 2.37. The zero-order valence-electron chi connectivity index (χ0n) is 9.63. The van der Waals surface area contributed by atoms with E-state index in [4.69, 9.17) is 10.5 Å². The van der Waals surface area contributed by atoms with E-state index in [1.54, 1.807) is 18.5 Å². The average molecular weight is 230 g/mol. The Morgan fingerprint density at radius 1 is 1.24 bits per heavy atom. The molecule has 0 saturated carbocycles. The molecular weight excluding hydrogens is 216 g/mol. The van der Waals surface area contributed by atoms with Gasteiger partial charge in [-0.05, 0) is 24.6 Å². The molecule has 0 atom stereocenters. The van der Waals surface area contributed by atoms with Crippen molar-refractivity contribution >= 4 is 5.82 Å². The van der Waals surface area contributed by atoms with Crippen molar-refractivity contribution in [2.75, 3.05) is 12.3 Å². The number of hydrogen-bond acceptors (Lipinski definition) is 5. The minimum absolute atomic E-state index is 0.403. The quantitative estimate of drug-likeness (QED) is 0.868. The molecule has 0 aliphatic rings. The van der Waals surface area contributed by atoms with E-state index in [0.29, 0.717) is 12.4 Å². The Morgan fingerprint density at radius 3 is 2.82 bits per heavy atom. The minimum Gasteiger partial charge on any atom is -0.492 e. The number of nitrogens with two attached hydrogens (primary N) is 1. The van der Waals surface area contributed by atoms with E-state index in [9.17, 15) is 0 Å². The summed E-state index contributed by atoms with van der Waals surface area (Å²) < 4.78 is 5.51. The van der Waals surface area contributed by atoms with Gasteiger partial charge in [0.05, 0.1) is 18.5 Å². The van der Waals surface area contributed by atoms with E-state index >= 15 is 0 Å². The van der Waals surface area contributed by atoms with Crippen LogP contribution >= 0.6 is 0 Å². The van der Waals surface area contributed by atoms with Crippen LogP contribution in [-0.4, -0.2) is 21.8 Å². The normalized spacial score (nSPS) is 10.2. The lowest BCUT2D eigenvalue weighted by Gasteiger charge is -2.05. The molecule has 2 aromatic heterocycles. The first-order valence-electron chi connectivity index (χ1n) is 5.47. The molecule has 17 heavy (non-hydrogen) atoms. The number of ether oxygens (including phenoxy) is 1. The van der Waals surface area contributed by atoms with E-state index < -0.39 is 0 Å². The van der Waals surface area contributed by atoms with Gasteiger partial charge < -0.3 is 10.5 Å². The topological polar surface area (TPSA) is 73.9 Å². The molecule has 0 saturated heterocycles. The molecular formula is C12H14N4O. The smallest absolute Gasteiger partial charge is 0.146 e. The van der Waals surface area contributed by atoms with E-state index in [2.05, 4.69) is 22.1 Å². The van der Waals surface area contributed by atoms with E-state index in [1.807, 2.05) is 12.1 Å². The van der Waals surface area contributed by atoms with Gasteiger partial charge in [-0.1, -0.05) is 6.92 Å². The maximum Gasteiger partial charge on any atom is 0.146 e. The highest BCUT2D eigenvalue weighted by Gasteiger charge is 2.02. The lowest BCUT2D eigenvalue weighted by Crippen LogP contribution is -1.97. The molecule has 0 aliphatic heterocycles. The lowest BCUT2D eigenvalue weighted by molar-refractivity contribution is 0.316. The molecule has 5 heteroatoms. The van der Waals surface area contributed by atoms with Crippen LogP contribution in [0.4, 0.5) is 5.82 Å².